The van der Waals surface area contributed by atoms with E-state index in [-0.39, 0.29) is 11.9 Å². The van der Waals surface area contributed by atoms with Crippen molar-refractivity contribution in [2.45, 2.75) is 26.4 Å². The Morgan fingerprint density at radius 3 is 2.31 bits per heavy atom. The summed E-state index contributed by atoms with van der Waals surface area (Å²) in [5.74, 6) is 0.299. The van der Waals surface area contributed by atoms with Gasteiger partial charge in [-0.05, 0) is 37.6 Å². The summed E-state index contributed by atoms with van der Waals surface area (Å²) in [5, 5.41) is 3.12. The van der Waals surface area contributed by atoms with Gasteiger partial charge in [0.25, 0.3) is 5.91 Å². The number of nitrogens with one attached hydrogen (secondary N) is 1. The van der Waals surface area contributed by atoms with Gasteiger partial charge in [0.1, 0.15) is 5.69 Å². The molecule has 5 nitrogen and oxygen atoms in total. The molecule has 1 heterocycles. The van der Waals surface area contributed by atoms with Gasteiger partial charge in [-0.1, -0.05) is 48.5 Å². The fourth-order valence-corrected chi connectivity index (χ4v) is 2.60. The zero-order chi connectivity index (χ0) is 18.4. The average molecular weight is 346 g/mol. The van der Waals surface area contributed by atoms with Gasteiger partial charge in [0.2, 0.25) is 5.95 Å². The van der Waals surface area contributed by atoms with E-state index in [1.165, 1.54) is 0 Å². The van der Waals surface area contributed by atoms with Crippen molar-refractivity contribution in [3.8, 4) is 0 Å². The Hall–Kier alpha value is -3.21. The van der Waals surface area contributed by atoms with Crippen LogP contribution in [0.2, 0.25) is 0 Å². The topological polar surface area (TPSA) is 58.1 Å². The predicted octanol–water partition coefficient (Wildman–Crippen LogP) is 4.27. The van der Waals surface area contributed by atoms with Crippen LogP contribution in [0.25, 0.3) is 0 Å². The smallest absolute Gasteiger partial charge is 0.273 e. The standard InChI is InChI=1S/C21H22N4O/c1-16(2)25(15-17-9-5-3-6-10-17)20(26)19-13-14-22-21(24-19)23-18-11-7-4-8-12-18/h3-14,16H,15H2,1-2H3,(H,22,23,24). The number of hydrogen-bond donors (Lipinski definition) is 1. The van der Waals surface area contributed by atoms with E-state index in [2.05, 4.69) is 15.3 Å². The van der Waals surface area contributed by atoms with E-state index < -0.39 is 0 Å². The van der Waals surface area contributed by atoms with Gasteiger partial charge in [0, 0.05) is 24.5 Å². The van der Waals surface area contributed by atoms with Crippen molar-refractivity contribution >= 4 is 17.5 Å². The average Bonchev–Trinajstić information content (AvgIpc) is 2.67. The maximum absolute atomic E-state index is 13.0. The number of rotatable bonds is 6. The van der Waals surface area contributed by atoms with Crippen LogP contribution in [-0.4, -0.2) is 26.8 Å². The molecule has 3 aromatic rings. The number of amides is 1. The summed E-state index contributed by atoms with van der Waals surface area (Å²) in [7, 11) is 0. The van der Waals surface area contributed by atoms with Crippen LogP contribution in [0.3, 0.4) is 0 Å². The molecule has 132 valence electrons. The van der Waals surface area contributed by atoms with E-state index in [9.17, 15) is 4.79 Å². The van der Waals surface area contributed by atoms with Crippen LogP contribution >= 0.6 is 0 Å². The molecular formula is C21H22N4O. The molecule has 0 saturated heterocycles. The summed E-state index contributed by atoms with van der Waals surface area (Å²) in [6, 6.07) is 21.3. The van der Waals surface area contributed by atoms with E-state index >= 15 is 0 Å². The normalized spacial score (nSPS) is 10.6. The number of anilines is 2. The molecule has 0 aliphatic rings. The van der Waals surface area contributed by atoms with E-state index in [1.54, 1.807) is 12.3 Å². The third-order valence-electron chi connectivity index (χ3n) is 3.98. The summed E-state index contributed by atoms with van der Waals surface area (Å²) < 4.78 is 0. The molecule has 0 spiro atoms. The van der Waals surface area contributed by atoms with Crippen LogP contribution in [0.5, 0.6) is 0 Å². The van der Waals surface area contributed by atoms with Crippen LogP contribution in [0.15, 0.2) is 72.9 Å². The fourth-order valence-electron chi connectivity index (χ4n) is 2.60. The minimum Gasteiger partial charge on any atom is -0.331 e. The third-order valence-corrected chi connectivity index (χ3v) is 3.98. The number of carbonyl (C=O) groups excluding carboxylic acids is 1. The molecule has 1 N–H and O–H groups in total. The molecule has 0 fully saturated rings. The Morgan fingerprint density at radius 1 is 1.00 bits per heavy atom. The Morgan fingerprint density at radius 2 is 1.65 bits per heavy atom. The summed E-state index contributed by atoms with van der Waals surface area (Å²) in [6.07, 6.45) is 1.60. The quantitative estimate of drug-likeness (QED) is 0.724. The monoisotopic (exact) mass is 346 g/mol. The molecular weight excluding hydrogens is 324 g/mol. The molecule has 2 aromatic carbocycles. The Kier molecular flexibility index (Phi) is 5.59. The first-order chi connectivity index (χ1) is 12.6. The SMILES string of the molecule is CC(C)N(Cc1ccccc1)C(=O)c1ccnc(Nc2ccccc2)n1. The Bertz CT molecular complexity index is 850. The van der Waals surface area contributed by atoms with Crippen LogP contribution in [0, 0.1) is 0 Å². The van der Waals surface area contributed by atoms with E-state index in [0.29, 0.717) is 18.2 Å². The Labute approximate surface area is 153 Å². The fraction of sp³-hybridized carbons (Fsp3) is 0.190. The molecule has 0 atom stereocenters. The van der Waals surface area contributed by atoms with Gasteiger partial charge in [-0.25, -0.2) is 9.97 Å². The number of aromatic nitrogens is 2. The highest BCUT2D eigenvalue weighted by Gasteiger charge is 2.20. The van der Waals surface area contributed by atoms with Crippen molar-refractivity contribution in [2.24, 2.45) is 0 Å². The number of nitrogens with zero attached hydrogens (tertiary/aromatic N) is 3. The van der Waals surface area contributed by atoms with Crippen LogP contribution in [0.1, 0.15) is 29.9 Å². The van der Waals surface area contributed by atoms with Gasteiger partial charge in [0.15, 0.2) is 0 Å². The number of carbonyl (C=O) groups is 1. The highest BCUT2D eigenvalue weighted by Crippen LogP contribution is 2.15. The first kappa shape index (κ1) is 17.6. The highest BCUT2D eigenvalue weighted by atomic mass is 16.2. The van der Waals surface area contributed by atoms with Gasteiger partial charge in [-0.3, -0.25) is 4.79 Å². The van der Waals surface area contributed by atoms with Crippen molar-refractivity contribution in [3.63, 3.8) is 0 Å². The summed E-state index contributed by atoms with van der Waals surface area (Å²) in [5.41, 5.74) is 2.34. The molecule has 1 amide bonds. The van der Waals surface area contributed by atoms with Crippen LogP contribution in [-0.2, 0) is 6.54 Å². The van der Waals surface area contributed by atoms with Gasteiger partial charge in [-0.2, -0.15) is 0 Å². The molecule has 0 aliphatic carbocycles. The number of hydrogen-bond acceptors (Lipinski definition) is 4. The molecule has 0 unspecified atom stereocenters. The molecule has 0 radical (unpaired) electrons. The van der Waals surface area contributed by atoms with Gasteiger partial charge >= 0.3 is 0 Å². The first-order valence-electron chi connectivity index (χ1n) is 8.63. The predicted molar refractivity (Wildman–Crippen MR) is 103 cm³/mol. The lowest BCUT2D eigenvalue weighted by molar-refractivity contribution is 0.0684. The van der Waals surface area contributed by atoms with Crippen molar-refractivity contribution in [1.29, 1.82) is 0 Å². The molecule has 1 aromatic heterocycles. The lowest BCUT2D eigenvalue weighted by Gasteiger charge is -2.26. The summed E-state index contributed by atoms with van der Waals surface area (Å²) >= 11 is 0. The minimum atomic E-state index is -0.109. The maximum Gasteiger partial charge on any atom is 0.273 e. The zero-order valence-electron chi connectivity index (χ0n) is 15.0. The second-order valence-corrected chi connectivity index (χ2v) is 6.27. The molecule has 0 bridgehead atoms. The lowest BCUT2D eigenvalue weighted by atomic mass is 10.1. The van der Waals surface area contributed by atoms with Crippen molar-refractivity contribution in [2.75, 3.05) is 5.32 Å². The molecule has 5 heteroatoms. The molecule has 0 aliphatic heterocycles. The summed E-state index contributed by atoms with van der Waals surface area (Å²) in [4.78, 5) is 23.4. The third kappa shape index (κ3) is 4.45. The minimum absolute atomic E-state index is 0.0585. The van der Waals surface area contributed by atoms with E-state index in [1.807, 2.05) is 79.4 Å². The van der Waals surface area contributed by atoms with Gasteiger partial charge in [0.05, 0.1) is 0 Å². The second-order valence-electron chi connectivity index (χ2n) is 6.27. The first-order valence-corrected chi connectivity index (χ1v) is 8.63. The van der Waals surface area contributed by atoms with E-state index in [4.69, 9.17) is 0 Å². The number of benzene rings is 2. The van der Waals surface area contributed by atoms with Crippen LogP contribution in [0.4, 0.5) is 11.6 Å². The molecule has 3 rings (SSSR count). The van der Waals surface area contributed by atoms with Crippen LogP contribution < -0.4 is 5.32 Å². The van der Waals surface area contributed by atoms with Crippen molar-refractivity contribution in [1.82, 2.24) is 14.9 Å². The van der Waals surface area contributed by atoms with E-state index in [0.717, 1.165) is 11.3 Å². The highest BCUT2D eigenvalue weighted by molar-refractivity contribution is 5.92. The van der Waals surface area contributed by atoms with Crippen molar-refractivity contribution < 1.29 is 4.79 Å². The second kappa shape index (κ2) is 8.25. The largest absolute Gasteiger partial charge is 0.331 e. The molecule has 26 heavy (non-hydrogen) atoms. The van der Waals surface area contributed by atoms with Gasteiger partial charge < -0.3 is 10.2 Å². The maximum atomic E-state index is 13.0. The van der Waals surface area contributed by atoms with Gasteiger partial charge in [-0.15, -0.1) is 0 Å². The van der Waals surface area contributed by atoms with Crippen molar-refractivity contribution in [3.05, 3.63) is 84.2 Å². The summed E-state index contributed by atoms with van der Waals surface area (Å²) in [6.45, 7) is 4.55. The Balaban J connectivity index is 1.79. The molecule has 0 saturated carbocycles. The zero-order valence-corrected chi connectivity index (χ0v) is 15.0. The number of para-hydroxylation sites is 1. The lowest BCUT2D eigenvalue weighted by Crippen LogP contribution is -2.37.